The third-order valence-corrected chi connectivity index (χ3v) is 3.38. The van der Waals surface area contributed by atoms with Gasteiger partial charge in [-0.25, -0.2) is 0 Å². The Morgan fingerprint density at radius 3 is 2.91 bits per heavy atom. The van der Waals surface area contributed by atoms with E-state index in [1.807, 2.05) is 19.1 Å². The predicted octanol–water partition coefficient (Wildman–Crippen LogP) is 3.21. The maximum Gasteiger partial charge on any atom is 0.311 e. The lowest BCUT2D eigenvalue weighted by molar-refractivity contribution is -0.134. The Morgan fingerprint density at radius 2 is 2.18 bits per heavy atom. The maximum atomic E-state index is 12.1. The number of ether oxygens (including phenoxy) is 1. The zero-order valence-electron chi connectivity index (χ0n) is 12.2. The number of carbonyl (C=O) groups is 2. The van der Waals surface area contributed by atoms with Gasteiger partial charge in [-0.1, -0.05) is 6.92 Å². The van der Waals surface area contributed by atoms with Crippen molar-refractivity contribution in [1.82, 2.24) is 4.98 Å². The SMILES string of the molecule is CCCC(=O)Oc1ccc2c(c1)/C(=C/c1ccc[nH]1)C(=O)N2. The normalized spacial score (nSPS) is 14.8. The summed E-state index contributed by atoms with van der Waals surface area (Å²) >= 11 is 0. The number of amides is 1. The lowest BCUT2D eigenvalue weighted by atomic mass is 10.1. The molecule has 0 bridgehead atoms. The predicted molar refractivity (Wildman–Crippen MR) is 84.3 cm³/mol. The highest BCUT2D eigenvalue weighted by atomic mass is 16.5. The van der Waals surface area contributed by atoms with Crippen molar-refractivity contribution in [3.8, 4) is 5.75 Å². The van der Waals surface area contributed by atoms with E-state index in [1.165, 1.54) is 0 Å². The second-order valence-corrected chi connectivity index (χ2v) is 5.07. The molecule has 1 aromatic carbocycles. The molecule has 0 radical (unpaired) electrons. The molecular weight excluding hydrogens is 280 g/mol. The summed E-state index contributed by atoms with van der Waals surface area (Å²) in [7, 11) is 0. The van der Waals surface area contributed by atoms with Crippen molar-refractivity contribution in [3.63, 3.8) is 0 Å². The van der Waals surface area contributed by atoms with Crippen LogP contribution in [0.15, 0.2) is 36.5 Å². The first-order valence-corrected chi connectivity index (χ1v) is 7.19. The fraction of sp³-hybridized carbons (Fsp3) is 0.176. The van der Waals surface area contributed by atoms with Gasteiger partial charge in [0.1, 0.15) is 5.75 Å². The highest BCUT2D eigenvalue weighted by Gasteiger charge is 2.25. The van der Waals surface area contributed by atoms with Gasteiger partial charge >= 0.3 is 5.97 Å². The number of hydrogen-bond donors (Lipinski definition) is 2. The Kier molecular flexibility index (Phi) is 3.78. The van der Waals surface area contributed by atoms with Crippen LogP contribution in [0.3, 0.4) is 0 Å². The lowest BCUT2D eigenvalue weighted by Crippen LogP contribution is -2.06. The summed E-state index contributed by atoms with van der Waals surface area (Å²) in [6.45, 7) is 1.92. The van der Waals surface area contributed by atoms with Crippen LogP contribution >= 0.6 is 0 Å². The molecule has 3 rings (SSSR count). The van der Waals surface area contributed by atoms with E-state index in [0.29, 0.717) is 17.7 Å². The molecule has 5 heteroatoms. The van der Waals surface area contributed by atoms with E-state index in [4.69, 9.17) is 4.74 Å². The van der Waals surface area contributed by atoms with Crippen LogP contribution in [0.1, 0.15) is 31.0 Å². The molecule has 1 aromatic heterocycles. The first-order valence-electron chi connectivity index (χ1n) is 7.19. The van der Waals surface area contributed by atoms with Gasteiger partial charge in [-0.2, -0.15) is 0 Å². The maximum absolute atomic E-state index is 12.1. The van der Waals surface area contributed by atoms with Gasteiger partial charge in [0.05, 0.1) is 5.57 Å². The standard InChI is InChI=1S/C17H16N2O3/c1-2-4-16(20)22-12-6-7-15-13(10-12)14(17(21)19-15)9-11-5-3-8-18-11/h3,5-10,18H,2,4H2,1H3,(H,19,21)/b14-9-. The molecule has 0 spiro atoms. The largest absolute Gasteiger partial charge is 0.427 e. The Bertz CT molecular complexity index is 745. The number of anilines is 1. The van der Waals surface area contributed by atoms with Crippen molar-refractivity contribution in [2.75, 3.05) is 5.32 Å². The molecule has 0 saturated heterocycles. The summed E-state index contributed by atoms with van der Waals surface area (Å²) in [6.07, 6.45) is 4.68. The molecule has 0 saturated carbocycles. The van der Waals surface area contributed by atoms with Gasteiger partial charge in [-0.05, 0) is 42.8 Å². The molecule has 1 aliphatic rings. The molecule has 1 aliphatic heterocycles. The second-order valence-electron chi connectivity index (χ2n) is 5.07. The van der Waals surface area contributed by atoms with Crippen LogP contribution in [0.25, 0.3) is 11.6 Å². The Morgan fingerprint density at radius 1 is 1.32 bits per heavy atom. The van der Waals surface area contributed by atoms with Crippen molar-refractivity contribution in [2.24, 2.45) is 0 Å². The van der Waals surface area contributed by atoms with Gasteiger partial charge in [0, 0.05) is 29.6 Å². The third kappa shape index (κ3) is 2.79. The van der Waals surface area contributed by atoms with Crippen molar-refractivity contribution < 1.29 is 14.3 Å². The van der Waals surface area contributed by atoms with Crippen LogP contribution < -0.4 is 10.1 Å². The molecule has 1 amide bonds. The number of benzene rings is 1. The van der Waals surface area contributed by atoms with Gasteiger partial charge in [-0.15, -0.1) is 0 Å². The van der Waals surface area contributed by atoms with Crippen LogP contribution in [-0.4, -0.2) is 16.9 Å². The number of carbonyl (C=O) groups excluding carboxylic acids is 2. The van der Waals surface area contributed by atoms with E-state index >= 15 is 0 Å². The Labute approximate surface area is 128 Å². The average molecular weight is 296 g/mol. The van der Waals surface area contributed by atoms with E-state index in [2.05, 4.69) is 10.3 Å². The molecule has 2 aromatic rings. The Balaban J connectivity index is 1.92. The number of hydrogen-bond acceptors (Lipinski definition) is 3. The molecule has 2 heterocycles. The fourth-order valence-electron chi connectivity index (χ4n) is 2.35. The van der Waals surface area contributed by atoms with E-state index in [1.54, 1.807) is 30.5 Å². The highest BCUT2D eigenvalue weighted by Crippen LogP contribution is 2.35. The summed E-state index contributed by atoms with van der Waals surface area (Å²) in [4.78, 5) is 26.7. The number of esters is 1. The van der Waals surface area contributed by atoms with Crippen molar-refractivity contribution >= 4 is 29.2 Å². The summed E-state index contributed by atoms with van der Waals surface area (Å²) in [6, 6.07) is 8.89. The fourth-order valence-corrected chi connectivity index (χ4v) is 2.35. The van der Waals surface area contributed by atoms with Gasteiger partial charge in [-0.3, -0.25) is 9.59 Å². The zero-order valence-corrected chi connectivity index (χ0v) is 12.2. The number of rotatable bonds is 4. The van der Waals surface area contributed by atoms with Crippen molar-refractivity contribution in [2.45, 2.75) is 19.8 Å². The first kappa shape index (κ1) is 14.1. The van der Waals surface area contributed by atoms with Crippen LogP contribution in [-0.2, 0) is 9.59 Å². The quantitative estimate of drug-likeness (QED) is 0.517. The minimum absolute atomic E-state index is 0.165. The zero-order chi connectivity index (χ0) is 15.5. The minimum Gasteiger partial charge on any atom is -0.427 e. The smallest absolute Gasteiger partial charge is 0.311 e. The third-order valence-electron chi connectivity index (χ3n) is 3.38. The van der Waals surface area contributed by atoms with E-state index in [0.717, 1.165) is 23.4 Å². The number of aromatic nitrogens is 1. The van der Waals surface area contributed by atoms with Gasteiger partial charge < -0.3 is 15.0 Å². The first-order chi connectivity index (χ1) is 10.7. The summed E-state index contributed by atoms with van der Waals surface area (Å²) in [5.41, 5.74) is 2.84. The molecule has 0 atom stereocenters. The van der Waals surface area contributed by atoms with Crippen molar-refractivity contribution in [3.05, 3.63) is 47.8 Å². The lowest BCUT2D eigenvalue weighted by Gasteiger charge is -2.05. The molecular formula is C17H16N2O3. The second kappa shape index (κ2) is 5.89. The molecule has 0 unspecified atom stereocenters. The molecule has 2 N–H and O–H groups in total. The molecule has 0 aliphatic carbocycles. The van der Waals surface area contributed by atoms with Gasteiger partial charge in [0.15, 0.2) is 0 Å². The Hall–Kier alpha value is -2.82. The minimum atomic E-state index is -0.269. The van der Waals surface area contributed by atoms with Crippen LogP contribution in [0, 0.1) is 0 Å². The number of nitrogens with one attached hydrogen (secondary N) is 2. The summed E-state index contributed by atoms with van der Waals surface area (Å²) in [5.74, 6) is 0.0161. The van der Waals surface area contributed by atoms with E-state index in [-0.39, 0.29) is 11.9 Å². The van der Waals surface area contributed by atoms with Gasteiger partial charge in [0.25, 0.3) is 5.91 Å². The van der Waals surface area contributed by atoms with Crippen LogP contribution in [0.4, 0.5) is 5.69 Å². The number of aromatic amines is 1. The monoisotopic (exact) mass is 296 g/mol. The number of fused-ring (bicyclic) bond motifs is 1. The summed E-state index contributed by atoms with van der Waals surface area (Å²) in [5, 5.41) is 2.80. The highest BCUT2D eigenvalue weighted by molar-refractivity contribution is 6.34. The van der Waals surface area contributed by atoms with Crippen molar-refractivity contribution in [1.29, 1.82) is 0 Å². The summed E-state index contributed by atoms with van der Waals surface area (Å²) < 4.78 is 5.29. The molecule has 5 nitrogen and oxygen atoms in total. The van der Waals surface area contributed by atoms with Gasteiger partial charge in [0.2, 0.25) is 0 Å². The van der Waals surface area contributed by atoms with Crippen LogP contribution in [0.2, 0.25) is 0 Å². The molecule has 112 valence electrons. The van der Waals surface area contributed by atoms with Crippen LogP contribution in [0.5, 0.6) is 5.75 Å². The molecule has 0 fully saturated rings. The average Bonchev–Trinajstić information content (AvgIpc) is 3.09. The topological polar surface area (TPSA) is 71.2 Å². The van der Waals surface area contributed by atoms with E-state index < -0.39 is 0 Å². The van der Waals surface area contributed by atoms with E-state index in [9.17, 15) is 9.59 Å². The number of H-pyrrole nitrogens is 1. The molecule has 22 heavy (non-hydrogen) atoms.